The molecule has 0 saturated heterocycles. The summed E-state index contributed by atoms with van der Waals surface area (Å²) in [5.74, 6) is -0.268. The van der Waals surface area contributed by atoms with E-state index in [4.69, 9.17) is 18.0 Å². The third-order valence-electron chi connectivity index (χ3n) is 1.54. The Hall–Kier alpha value is -1.16. The first kappa shape index (κ1) is 8.93. The molecule has 0 aromatic heterocycles. The molecule has 0 saturated carbocycles. The van der Waals surface area contributed by atoms with Crippen LogP contribution in [-0.2, 0) is 0 Å². The van der Waals surface area contributed by atoms with Crippen LogP contribution in [0.5, 0.6) is 0 Å². The number of nitrogens with zero attached hydrogens (tertiary/aromatic N) is 1. The van der Waals surface area contributed by atoms with Crippen molar-refractivity contribution < 1.29 is 4.39 Å². The van der Waals surface area contributed by atoms with Crippen molar-refractivity contribution in [3.05, 3.63) is 30.1 Å². The summed E-state index contributed by atoms with van der Waals surface area (Å²) in [5.41, 5.74) is 6.15. The molecule has 0 aliphatic carbocycles. The predicted octanol–water partition coefficient (Wildman–Crippen LogP) is 1.51. The molecule has 0 bridgehead atoms. The Morgan fingerprint density at radius 1 is 1.42 bits per heavy atom. The molecule has 0 aliphatic rings. The van der Waals surface area contributed by atoms with Crippen molar-refractivity contribution in [2.75, 3.05) is 11.9 Å². The summed E-state index contributed by atoms with van der Waals surface area (Å²) in [5, 5.41) is 0.265. The zero-order valence-corrected chi connectivity index (χ0v) is 7.44. The summed E-state index contributed by atoms with van der Waals surface area (Å²) < 4.78 is 12.5. The van der Waals surface area contributed by atoms with Crippen LogP contribution in [0.25, 0.3) is 0 Å². The van der Waals surface area contributed by atoms with E-state index in [1.807, 2.05) is 0 Å². The number of thiocarbonyl (C=S) groups is 1. The molecule has 0 aliphatic heterocycles. The van der Waals surface area contributed by atoms with Gasteiger partial charge in [0, 0.05) is 12.7 Å². The maximum atomic E-state index is 12.5. The van der Waals surface area contributed by atoms with E-state index < -0.39 is 0 Å². The monoisotopic (exact) mass is 184 g/mol. The van der Waals surface area contributed by atoms with Crippen LogP contribution in [0.15, 0.2) is 24.3 Å². The average molecular weight is 184 g/mol. The molecule has 0 unspecified atom stereocenters. The Labute approximate surface area is 75.8 Å². The lowest BCUT2D eigenvalue weighted by Crippen LogP contribution is -2.31. The van der Waals surface area contributed by atoms with Crippen molar-refractivity contribution in [3.63, 3.8) is 0 Å². The highest BCUT2D eigenvalue weighted by Crippen LogP contribution is 2.12. The van der Waals surface area contributed by atoms with Crippen LogP contribution >= 0.6 is 12.2 Å². The van der Waals surface area contributed by atoms with Gasteiger partial charge in [0.15, 0.2) is 5.11 Å². The second-order valence-corrected chi connectivity index (χ2v) is 2.79. The number of nitrogens with two attached hydrogens (primary N) is 1. The molecule has 12 heavy (non-hydrogen) atoms. The molecule has 2 nitrogen and oxygen atoms in total. The van der Waals surface area contributed by atoms with Crippen LogP contribution < -0.4 is 10.6 Å². The largest absolute Gasteiger partial charge is 0.376 e. The van der Waals surface area contributed by atoms with E-state index in [1.54, 1.807) is 24.1 Å². The third kappa shape index (κ3) is 1.92. The number of hydrogen-bond donors (Lipinski definition) is 1. The third-order valence-corrected chi connectivity index (χ3v) is 1.82. The smallest absolute Gasteiger partial charge is 0.170 e. The number of rotatable bonds is 1. The van der Waals surface area contributed by atoms with Crippen LogP contribution in [0, 0.1) is 5.82 Å². The minimum absolute atomic E-state index is 0.265. The summed E-state index contributed by atoms with van der Waals surface area (Å²) >= 11 is 4.74. The fourth-order valence-corrected chi connectivity index (χ4v) is 0.897. The van der Waals surface area contributed by atoms with Crippen LogP contribution in [0.1, 0.15) is 0 Å². The molecule has 2 N–H and O–H groups in total. The first-order chi connectivity index (χ1) is 5.61. The lowest BCUT2D eigenvalue weighted by molar-refractivity contribution is 0.628. The highest BCUT2D eigenvalue weighted by Gasteiger charge is 2.01. The molecule has 0 spiro atoms. The van der Waals surface area contributed by atoms with Crippen LogP contribution in [0.4, 0.5) is 10.1 Å². The van der Waals surface area contributed by atoms with Crippen LogP contribution in [-0.4, -0.2) is 12.2 Å². The van der Waals surface area contributed by atoms with E-state index in [-0.39, 0.29) is 10.9 Å². The van der Waals surface area contributed by atoms with Crippen molar-refractivity contribution in [3.8, 4) is 0 Å². The molecule has 1 rings (SSSR count). The number of anilines is 1. The Kier molecular flexibility index (Phi) is 2.60. The number of halogens is 1. The molecule has 4 heteroatoms. The van der Waals surface area contributed by atoms with Gasteiger partial charge in [-0.05, 0) is 36.5 Å². The molecule has 0 amide bonds. The minimum Gasteiger partial charge on any atom is -0.376 e. The Bertz CT molecular complexity index is 284. The van der Waals surface area contributed by atoms with E-state index in [1.165, 1.54) is 12.1 Å². The summed E-state index contributed by atoms with van der Waals surface area (Å²) in [4.78, 5) is 1.61. The second kappa shape index (κ2) is 3.49. The molecule has 64 valence electrons. The van der Waals surface area contributed by atoms with Gasteiger partial charge in [0.1, 0.15) is 5.82 Å². The maximum Gasteiger partial charge on any atom is 0.170 e. The first-order valence-corrected chi connectivity index (χ1v) is 3.81. The van der Waals surface area contributed by atoms with E-state index >= 15 is 0 Å². The van der Waals surface area contributed by atoms with Gasteiger partial charge in [0.25, 0.3) is 0 Å². The normalized spacial score (nSPS) is 9.50. The first-order valence-electron chi connectivity index (χ1n) is 3.40. The molecular formula is C8H9FN2S. The minimum atomic E-state index is -0.268. The topological polar surface area (TPSA) is 29.3 Å². The lowest BCUT2D eigenvalue weighted by Gasteiger charge is -2.16. The molecule has 1 aromatic rings. The lowest BCUT2D eigenvalue weighted by atomic mass is 10.3. The Morgan fingerprint density at radius 2 is 1.92 bits per heavy atom. The van der Waals surface area contributed by atoms with Crippen molar-refractivity contribution in [1.29, 1.82) is 0 Å². The number of hydrogen-bond acceptors (Lipinski definition) is 1. The SMILES string of the molecule is CN(C(N)=S)c1ccc(F)cc1. The maximum absolute atomic E-state index is 12.5. The highest BCUT2D eigenvalue weighted by atomic mass is 32.1. The zero-order chi connectivity index (χ0) is 9.14. The molecule has 0 atom stereocenters. The molecule has 1 aromatic carbocycles. The van der Waals surface area contributed by atoms with Crippen molar-refractivity contribution >= 4 is 23.0 Å². The van der Waals surface area contributed by atoms with Crippen molar-refractivity contribution in [2.45, 2.75) is 0 Å². The summed E-state index contributed by atoms with van der Waals surface area (Å²) in [6.07, 6.45) is 0. The summed E-state index contributed by atoms with van der Waals surface area (Å²) in [6, 6.07) is 5.97. The van der Waals surface area contributed by atoms with Gasteiger partial charge in [-0.1, -0.05) is 0 Å². The Balaban J connectivity index is 2.89. The predicted molar refractivity (Wildman–Crippen MR) is 51.6 cm³/mol. The van der Waals surface area contributed by atoms with Gasteiger partial charge in [0.05, 0.1) is 0 Å². The molecule has 0 heterocycles. The van der Waals surface area contributed by atoms with Crippen molar-refractivity contribution in [2.24, 2.45) is 5.73 Å². The van der Waals surface area contributed by atoms with Crippen molar-refractivity contribution in [1.82, 2.24) is 0 Å². The van der Waals surface area contributed by atoms with Gasteiger partial charge in [0.2, 0.25) is 0 Å². The highest BCUT2D eigenvalue weighted by molar-refractivity contribution is 7.80. The zero-order valence-electron chi connectivity index (χ0n) is 6.62. The quantitative estimate of drug-likeness (QED) is 0.671. The van der Waals surface area contributed by atoms with Gasteiger partial charge in [-0.3, -0.25) is 0 Å². The van der Waals surface area contributed by atoms with Gasteiger partial charge < -0.3 is 10.6 Å². The molecule has 0 radical (unpaired) electrons. The van der Waals surface area contributed by atoms with Gasteiger partial charge >= 0.3 is 0 Å². The van der Waals surface area contributed by atoms with Gasteiger partial charge in [-0.15, -0.1) is 0 Å². The van der Waals surface area contributed by atoms with Crippen LogP contribution in [0.2, 0.25) is 0 Å². The van der Waals surface area contributed by atoms with E-state index in [0.717, 1.165) is 5.69 Å². The second-order valence-electron chi connectivity index (χ2n) is 2.37. The number of benzene rings is 1. The van der Waals surface area contributed by atoms with E-state index in [2.05, 4.69) is 0 Å². The van der Waals surface area contributed by atoms with Crippen LogP contribution in [0.3, 0.4) is 0 Å². The van der Waals surface area contributed by atoms with E-state index in [9.17, 15) is 4.39 Å². The Morgan fingerprint density at radius 3 is 2.33 bits per heavy atom. The summed E-state index contributed by atoms with van der Waals surface area (Å²) in [7, 11) is 1.73. The van der Waals surface area contributed by atoms with Gasteiger partial charge in [-0.2, -0.15) is 0 Å². The molecular weight excluding hydrogens is 175 g/mol. The van der Waals surface area contributed by atoms with E-state index in [0.29, 0.717) is 0 Å². The summed E-state index contributed by atoms with van der Waals surface area (Å²) in [6.45, 7) is 0. The fraction of sp³-hybridized carbons (Fsp3) is 0.125. The standard InChI is InChI=1S/C8H9FN2S/c1-11(8(10)12)7-4-2-6(9)3-5-7/h2-5H,1H3,(H2,10,12). The molecule has 0 fully saturated rings. The van der Waals surface area contributed by atoms with Gasteiger partial charge in [-0.25, -0.2) is 4.39 Å². The fourth-order valence-electron chi connectivity index (χ4n) is 0.792. The average Bonchev–Trinajstić information content (AvgIpc) is 2.04.